The number of para-hydroxylation sites is 1. The zero-order chi connectivity index (χ0) is 12.4. The molecule has 0 saturated heterocycles. The Labute approximate surface area is 96.5 Å². The SMILES string of the molecule is Cc1ccccc1Oc1c(F)cc(F)cc1F. The summed E-state index contributed by atoms with van der Waals surface area (Å²) in [5.41, 5.74) is 0.732. The topological polar surface area (TPSA) is 9.23 Å². The van der Waals surface area contributed by atoms with Crippen LogP contribution in [0.1, 0.15) is 5.56 Å². The first kappa shape index (κ1) is 11.5. The summed E-state index contributed by atoms with van der Waals surface area (Å²) in [5.74, 6) is -3.37. The van der Waals surface area contributed by atoms with Gasteiger partial charge in [-0.05, 0) is 18.6 Å². The molecule has 0 aliphatic rings. The molecule has 1 nitrogen and oxygen atoms in total. The molecule has 17 heavy (non-hydrogen) atoms. The van der Waals surface area contributed by atoms with Crippen molar-refractivity contribution in [3.63, 3.8) is 0 Å². The predicted octanol–water partition coefficient (Wildman–Crippen LogP) is 4.20. The van der Waals surface area contributed by atoms with Crippen molar-refractivity contribution in [2.45, 2.75) is 6.92 Å². The van der Waals surface area contributed by atoms with E-state index in [4.69, 9.17) is 4.74 Å². The molecule has 0 spiro atoms. The Morgan fingerprint density at radius 3 is 2.12 bits per heavy atom. The summed E-state index contributed by atoms with van der Waals surface area (Å²) in [6.45, 7) is 1.74. The minimum atomic E-state index is -1.06. The number of halogens is 3. The molecule has 0 aliphatic heterocycles. The van der Waals surface area contributed by atoms with E-state index in [0.29, 0.717) is 17.9 Å². The first-order valence-corrected chi connectivity index (χ1v) is 4.96. The third-order valence-corrected chi connectivity index (χ3v) is 2.27. The monoisotopic (exact) mass is 238 g/mol. The molecule has 0 saturated carbocycles. The van der Waals surface area contributed by atoms with E-state index in [1.807, 2.05) is 0 Å². The molecule has 0 amide bonds. The highest BCUT2D eigenvalue weighted by Crippen LogP contribution is 2.29. The largest absolute Gasteiger partial charge is 0.451 e. The number of hydrogen-bond acceptors (Lipinski definition) is 1. The van der Waals surface area contributed by atoms with Crippen LogP contribution in [0.2, 0.25) is 0 Å². The van der Waals surface area contributed by atoms with Gasteiger partial charge in [-0.1, -0.05) is 18.2 Å². The molecule has 0 atom stereocenters. The summed E-state index contributed by atoms with van der Waals surface area (Å²) in [5, 5.41) is 0. The fourth-order valence-electron chi connectivity index (χ4n) is 1.41. The van der Waals surface area contributed by atoms with Crippen LogP contribution in [0.15, 0.2) is 36.4 Å². The maximum absolute atomic E-state index is 13.3. The quantitative estimate of drug-likeness (QED) is 0.761. The number of aryl methyl sites for hydroxylation is 1. The van der Waals surface area contributed by atoms with Crippen LogP contribution < -0.4 is 4.74 Å². The minimum absolute atomic E-state index is 0.330. The van der Waals surface area contributed by atoms with E-state index in [2.05, 4.69) is 0 Å². The Morgan fingerprint density at radius 1 is 0.941 bits per heavy atom. The van der Waals surface area contributed by atoms with Crippen LogP contribution in [0.3, 0.4) is 0 Å². The second-order valence-corrected chi connectivity index (χ2v) is 3.57. The van der Waals surface area contributed by atoms with Crippen molar-refractivity contribution in [1.29, 1.82) is 0 Å². The van der Waals surface area contributed by atoms with Crippen molar-refractivity contribution >= 4 is 0 Å². The molecule has 4 heteroatoms. The third-order valence-electron chi connectivity index (χ3n) is 2.27. The van der Waals surface area contributed by atoms with E-state index in [9.17, 15) is 13.2 Å². The van der Waals surface area contributed by atoms with E-state index in [0.717, 1.165) is 5.56 Å². The van der Waals surface area contributed by atoms with Gasteiger partial charge < -0.3 is 4.74 Å². The Kier molecular flexibility index (Phi) is 3.04. The summed E-state index contributed by atoms with van der Waals surface area (Å²) < 4.78 is 44.4. The van der Waals surface area contributed by atoms with Gasteiger partial charge in [0.25, 0.3) is 0 Å². The summed E-state index contributed by atoms with van der Waals surface area (Å²) in [6.07, 6.45) is 0. The van der Waals surface area contributed by atoms with Crippen molar-refractivity contribution in [1.82, 2.24) is 0 Å². The van der Waals surface area contributed by atoms with Gasteiger partial charge in [-0.3, -0.25) is 0 Å². The van der Waals surface area contributed by atoms with Gasteiger partial charge in [-0.15, -0.1) is 0 Å². The lowest BCUT2D eigenvalue weighted by Crippen LogP contribution is -1.95. The third kappa shape index (κ3) is 2.41. The Morgan fingerprint density at radius 2 is 1.53 bits per heavy atom. The molecule has 0 aromatic heterocycles. The van der Waals surface area contributed by atoms with E-state index < -0.39 is 23.2 Å². The van der Waals surface area contributed by atoms with E-state index in [-0.39, 0.29) is 0 Å². The fourth-order valence-corrected chi connectivity index (χ4v) is 1.41. The lowest BCUT2D eigenvalue weighted by atomic mass is 10.2. The van der Waals surface area contributed by atoms with Gasteiger partial charge in [0.15, 0.2) is 17.4 Å². The van der Waals surface area contributed by atoms with Crippen LogP contribution in [-0.4, -0.2) is 0 Å². The van der Waals surface area contributed by atoms with Gasteiger partial charge in [0.2, 0.25) is 0 Å². The lowest BCUT2D eigenvalue weighted by molar-refractivity contribution is 0.399. The van der Waals surface area contributed by atoms with Crippen molar-refractivity contribution < 1.29 is 17.9 Å². The zero-order valence-corrected chi connectivity index (χ0v) is 9.01. The molecule has 0 bridgehead atoms. The van der Waals surface area contributed by atoms with E-state index in [1.54, 1.807) is 31.2 Å². The molecule has 88 valence electrons. The van der Waals surface area contributed by atoms with Gasteiger partial charge >= 0.3 is 0 Å². The number of benzene rings is 2. The Bertz CT molecular complexity index is 529. The Hall–Kier alpha value is -1.97. The molecule has 2 rings (SSSR count). The van der Waals surface area contributed by atoms with Crippen molar-refractivity contribution in [2.24, 2.45) is 0 Å². The molecular weight excluding hydrogens is 229 g/mol. The molecule has 0 aliphatic carbocycles. The summed E-state index contributed by atoms with van der Waals surface area (Å²) in [7, 11) is 0. The van der Waals surface area contributed by atoms with Gasteiger partial charge in [0, 0.05) is 12.1 Å². The van der Waals surface area contributed by atoms with Crippen molar-refractivity contribution in [3.05, 3.63) is 59.4 Å². The summed E-state index contributed by atoms with van der Waals surface area (Å²) in [4.78, 5) is 0. The second-order valence-electron chi connectivity index (χ2n) is 3.57. The van der Waals surface area contributed by atoms with Crippen LogP contribution in [0.5, 0.6) is 11.5 Å². The fraction of sp³-hybridized carbons (Fsp3) is 0.0769. The maximum Gasteiger partial charge on any atom is 0.198 e. The number of hydrogen-bond donors (Lipinski definition) is 0. The molecule has 0 fully saturated rings. The first-order chi connectivity index (χ1) is 8.08. The number of rotatable bonds is 2. The van der Waals surface area contributed by atoms with Gasteiger partial charge in [0.1, 0.15) is 11.6 Å². The standard InChI is InChI=1S/C13H9F3O/c1-8-4-2-3-5-12(8)17-13-10(15)6-9(14)7-11(13)16/h2-7H,1H3. The smallest absolute Gasteiger partial charge is 0.198 e. The van der Waals surface area contributed by atoms with Gasteiger partial charge in [-0.2, -0.15) is 0 Å². The van der Waals surface area contributed by atoms with Crippen LogP contribution in [-0.2, 0) is 0 Å². The minimum Gasteiger partial charge on any atom is -0.451 e. The average Bonchev–Trinajstić information content (AvgIpc) is 2.25. The van der Waals surface area contributed by atoms with Crippen LogP contribution >= 0.6 is 0 Å². The van der Waals surface area contributed by atoms with Gasteiger partial charge in [-0.25, -0.2) is 13.2 Å². The highest BCUT2D eigenvalue weighted by atomic mass is 19.1. The highest BCUT2D eigenvalue weighted by molar-refractivity contribution is 5.38. The normalized spacial score (nSPS) is 10.4. The highest BCUT2D eigenvalue weighted by Gasteiger charge is 2.14. The first-order valence-electron chi connectivity index (χ1n) is 4.96. The molecule has 0 radical (unpaired) electrons. The molecule has 2 aromatic rings. The molecular formula is C13H9F3O. The van der Waals surface area contributed by atoms with Crippen LogP contribution in [0, 0.1) is 24.4 Å². The molecule has 0 N–H and O–H groups in total. The second kappa shape index (κ2) is 4.49. The van der Waals surface area contributed by atoms with Crippen molar-refractivity contribution in [2.75, 3.05) is 0 Å². The predicted molar refractivity (Wildman–Crippen MR) is 57.6 cm³/mol. The van der Waals surface area contributed by atoms with E-state index in [1.165, 1.54) is 0 Å². The van der Waals surface area contributed by atoms with Crippen molar-refractivity contribution in [3.8, 4) is 11.5 Å². The number of ether oxygens (including phenoxy) is 1. The van der Waals surface area contributed by atoms with Crippen LogP contribution in [0.4, 0.5) is 13.2 Å². The average molecular weight is 238 g/mol. The van der Waals surface area contributed by atoms with E-state index >= 15 is 0 Å². The van der Waals surface area contributed by atoms with Gasteiger partial charge in [0.05, 0.1) is 0 Å². The molecule has 0 unspecified atom stereocenters. The zero-order valence-electron chi connectivity index (χ0n) is 9.01. The Balaban J connectivity index is 2.40. The lowest BCUT2D eigenvalue weighted by Gasteiger charge is -2.09. The van der Waals surface area contributed by atoms with Crippen LogP contribution in [0.25, 0.3) is 0 Å². The molecule has 2 aromatic carbocycles. The summed E-state index contributed by atoms with van der Waals surface area (Å²) in [6, 6.07) is 7.95. The summed E-state index contributed by atoms with van der Waals surface area (Å²) >= 11 is 0. The maximum atomic E-state index is 13.3. The molecule has 0 heterocycles.